The van der Waals surface area contributed by atoms with E-state index in [0.717, 1.165) is 17.5 Å². The molecule has 0 saturated heterocycles. The van der Waals surface area contributed by atoms with Crippen molar-refractivity contribution in [1.29, 1.82) is 0 Å². The molecular formula is C32H50O6. The van der Waals surface area contributed by atoms with Gasteiger partial charge in [-0.15, -0.1) is 0 Å². The first-order valence-corrected chi connectivity index (χ1v) is 13.7. The van der Waals surface area contributed by atoms with E-state index in [1.807, 2.05) is 12.1 Å². The number of aliphatic hydroxyl groups is 6. The Morgan fingerprint density at radius 1 is 0.632 bits per heavy atom. The van der Waals surface area contributed by atoms with Crippen LogP contribution in [0.25, 0.3) is 0 Å². The first kappa shape index (κ1) is 32.4. The third-order valence-corrected chi connectivity index (χ3v) is 7.49. The maximum absolute atomic E-state index is 11.2. The summed E-state index contributed by atoms with van der Waals surface area (Å²) in [6.07, 6.45) is -6.43. The fourth-order valence-corrected chi connectivity index (χ4v) is 5.00. The quantitative estimate of drug-likeness (QED) is 0.250. The summed E-state index contributed by atoms with van der Waals surface area (Å²) in [5.74, 6) is -0.262. The molecule has 0 aliphatic heterocycles. The average Bonchev–Trinajstić information content (AvgIpc) is 2.85. The second kappa shape index (κ2) is 13.5. The minimum atomic E-state index is -1.81. The number of rotatable bonds is 12. The summed E-state index contributed by atoms with van der Waals surface area (Å²) in [5, 5.41) is 61.5. The fourth-order valence-electron chi connectivity index (χ4n) is 5.00. The van der Waals surface area contributed by atoms with Gasteiger partial charge in [-0.05, 0) is 64.2 Å². The highest BCUT2D eigenvalue weighted by atomic mass is 16.4. The van der Waals surface area contributed by atoms with Crippen LogP contribution in [0, 0.1) is 11.8 Å². The van der Waals surface area contributed by atoms with Gasteiger partial charge >= 0.3 is 0 Å². The molecule has 6 heteroatoms. The minimum Gasteiger partial charge on any atom is -0.394 e. The van der Waals surface area contributed by atoms with E-state index in [2.05, 4.69) is 84.9 Å². The molecule has 0 aromatic heterocycles. The summed E-state index contributed by atoms with van der Waals surface area (Å²) in [4.78, 5) is 0. The van der Waals surface area contributed by atoms with E-state index in [4.69, 9.17) is 5.11 Å². The summed E-state index contributed by atoms with van der Waals surface area (Å²) in [7, 11) is 0. The van der Waals surface area contributed by atoms with Crippen molar-refractivity contribution in [3.63, 3.8) is 0 Å². The van der Waals surface area contributed by atoms with Gasteiger partial charge in [0.25, 0.3) is 0 Å². The molecule has 0 bridgehead atoms. The van der Waals surface area contributed by atoms with Gasteiger partial charge in [0, 0.05) is 0 Å². The largest absolute Gasteiger partial charge is 0.394 e. The van der Waals surface area contributed by atoms with Gasteiger partial charge in [-0.1, -0.05) is 97.0 Å². The lowest BCUT2D eigenvalue weighted by molar-refractivity contribution is -0.149. The lowest BCUT2D eigenvalue weighted by Crippen LogP contribution is -2.52. The Morgan fingerprint density at radius 3 is 1.53 bits per heavy atom. The molecule has 0 radical (unpaired) electrons. The van der Waals surface area contributed by atoms with Crippen LogP contribution in [0.15, 0.2) is 48.5 Å². The van der Waals surface area contributed by atoms with Crippen LogP contribution in [0.5, 0.6) is 0 Å². The van der Waals surface area contributed by atoms with Crippen molar-refractivity contribution in [1.82, 2.24) is 0 Å². The first-order valence-electron chi connectivity index (χ1n) is 13.7. The van der Waals surface area contributed by atoms with Gasteiger partial charge in [0.15, 0.2) is 0 Å². The summed E-state index contributed by atoms with van der Waals surface area (Å²) in [5.41, 5.74) is 4.63. The Hall–Kier alpha value is -1.80. The third kappa shape index (κ3) is 9.15. The van der Waals surface area contributed by atoms with E-state index in [-0.39, 0.29) is 16.7 Å². The van der Waals surface area contributed by atoms with Crippen molar-refractivity contribution >= 4 is 0 Å². The van der Waals surface area contributed by atoms with Crippen molar-refractivity contribution in [3.05, 3.63) is 70.8 Å². The van der Waals surface area contributed by atoms with Crippen molar-refractivity contribution in [3.8, 4) is 0 Å². The van der Waals surface area contributed by atoms with Gasteiger partial charge in [0.1, 0.15) is 24.4 Å². The van der Waals surface area contributed by atoms with E-state index in [9.17, 15) is 25.5 Å². The summed E-state index contributed by atoms with van der Waals surface area (Å²) in [6.45, 7) is 14.3. The normalized spacial score (nSPS) is 18.3. The molecule has 0 fully saturated rings. The van der Waals surface area contributed by atoms with Crippen LogP contribution in [-0.4, -0.2) is 67.8 Å². The minimum absolute atomic E-state index is 0.0380. The van der Waals surface area contributed by atoms with E-state index in [1.165, 1.54) is 11.1 Å². The Labute approximate surface area is 229 Å². The summed E-state index contributed by atoms with van der Waals surface area (Å²) >= 11 is 0. The van der Waals surface area contributed by atoms with Crippen LogP contribution < -0.4 is 0 Å². The second-order valence-corrected chi connectivity index (χ2v) is 13.1. The van der Waals surface area contributed by atoms with Crippen molar-refractivity contribution in [2.45, 2.75) is 109 Å². The molecule has 6 nitrogen and oxygen atoms in total. The predicted molar refractivity (Wildman–Crippen MR) is 152 cm³/mol. The Balaban J connectivity index is 2.30. The van der Waals surface area contributed by atoms with Crippen LogP contribution in [0.1, 0.15) is 77.1 Å². The van der Waals surface area contributed by atoms with E-state index in [1.54, 1.807) is 0 Å². The molecule has 2 rings (SSSR count). The maximum atomic E-state index is 11.2. The highest BCUT2D eigenvalue weighted by Crippen LogP contribution is 2.30. The van der Waals surface area contributed by atoms with Crippen LogP contribution in [-0.2, 0) is 23.7 Å². The van der Waals surface area contributed by atoms with Gasteiger partial charge in [-0.25, -0.2) is 0 Å². The standard InChI is InChI=1S/C32H50O6/c1-20(14-21-10-8-12-24(17-21)31(2,3)4)15-23(16-22-11-9-13-25(18-22)32(5,6)7)27(35)29(37)30(38)28(36)26(34)19-33/h8-13,17-18,20,23,26-30,33-38H,14-16,19H2,1-7H3/t20?,23?,26-,27?,28+,29+,30-/m0/s1. The molecule has 0 aliphatic rings. The molecule has 2 aromatic carbocycles. The van der Waals surface area contributed by atoms with Crippen LogP contribution in [0.4, 0.5) is 0 Å². The molecule has 0 spiro atoms. The zero-order valence-corrected chi connectivity index (χ0v) is 24.2. The van der Waals surface area contributed by atoms with Gasteiger partial charge in [-0.2, -0.15) is 0 Å². The Morgan fingerprint density at radius 2 is 1.08 bits per heavy atom. The third-order valence-electron chi connectivity index (χ3n) is 7.49. The van der Waals surface area contributed by atoms with Crippen LogP contribution in [0.2, 0.25) is 0 Å². The smallest absolute Gasteiger partial charge is 0.111 e. The van der Waals surface area contributed by atoms with E-state index >= 15 is 0 Å². The summed E-state index contributed by atoms with van der Waals surface area (Å²) < 4.78 is 0. The molecule has 7 atom stereocenters. The van der Waals surface area contributed by atoms with Crippen molar-refractivity contribution in [2.75, 3.05) is 6.61 Å². The van der Waals surface area contributed by atoms with Crippen LogP contribution >= 0.6 is 0 Å². The second-order valence-electron chi connectivity index (χ2n) is 13.1. The lowest BCUT2D eigenvalue weighted by atomic mass is 9.79. The molecular weight excluding hydrogens is 480 g/mol. The maximum Gasteiger partial charge on any atom is 0.111 e. The van der Waals surface area contributed by atoms with E-state index < -0.39 is 43.0 Å². The molecule has 0 amide bonds. The van der Waals surface area contributed by atoms with E-state index in [0.29, 0.717) is 12.8 Å². The molecule has 2 aromatic rings. The van der Waals surface area contributed by atoms with Crippen LogP contribution in [0.3, 0.4) is 0 Å². The first-order chi connectivity index (χ1) is 17.5. The summed E-state index contributed by atoms with van der Waals surface area (Å²) in [6, 6.07) is 16.7. The Kier molecular flexibility index (Phi) is 11.5. The fraction of sp³-hybridized carbons (Fsp3) is 0.625. The highest BCUT2D eigenvalue weighted by Gasteiger charge is 2.38. The van der Waals surface area contributed by atoms with Gasteiger partial charge in [0.2, 0.25) is 0 Å². The van der Waals surface area contributed by atoms with Crippen molar-refractivity contribution in [2.24, 2.45) is 11.8 Å². The zero-order chi connectivity index (χ0) is 28.8. The molecule has 0 aliphatic carbocycles. The molecule has 6 N–H and O–H groups in total. The Bertz CT molecular complexity index is 992. The predicted octanol–water partition coefficient (Wildman–Crippen LogP) is 3.51. The number of benzene rings is 2. The van der Waals surface area contributed by atoms with Gasteiger partial charge in [0.05, 0.1) is 12.7 Å². The van der Waals surface area contributed by atoms with Crippen molar-refractivity contribution < 1.29 is 30.6 Å². The lowest BCUT2D eigenvalue weighted by Gasteiger charge is -2.34. The van der Waals surface area contributed by atoms with Gasteiger partial charge in [-0.3, -0.25) is 0 Å². The molecule has 3 unspecified atom stereocenters. The molecule has 0 heterocycles. The molecule has 214 valence electrons. The number of hydrogen-bond donors (Lipinski definition) is 6. The SMILES string of the molecule is CC(Cc1cccc(C(C)(C)C)c1)CC(Cc1cccc(C(C)(C)C)c1)C(O)[C@@H](O)[C@@H](O)[C@H](O)[C@@H](O)CO. The van der Waals surface area contributed by atoms with Gasteiger partial charge < -0.3 is 30.6 Å². The topological polar surface area (TPSA) is 121 Å². The average molecular weight is 531 g/mol. The number of hydrogen-bond acceptors (Lipinski definition) is 6. The zero-order valence-electron chi connectivity index (χ0n) is 24.2. The molecule has 0 saturated carbocycles. The highest BCUT2D eigenvalue weighted by molar-refractivity contribution is 5.30. The monoisotopic (exact) mass is 530 g/mol. The number of aliphatic hydroxyl groups excluding tert-OH is 6. The molecule has 38 heavy (non-hydrogen) atoms.